The summed E-state index contributed by atoms with van der Waals surface area (Å²) in [5, 5.41) is 4.25. The smallest absolute Gasteiger partial charge is 0.0205 e. The van der Waals surface area contributed by atoms with E-state index in [-0.39, 0.29) is 0 Å². The highest BCUT2D eigenvalue weighted by Gasteiger charge is 2.16. The highest BCUT2D eigenvalue weighted by Crippen LogP contribution is 2.36. The fourth-order valence-electron chi connectivity index (χ4n) is 2.41. The van der Waals surface area contributed by atoms with Crippen molar-refractivity contribution in [3.05, 3.63) is 29.3 Å². The molecule has 0 aliphatic heterocycles. The molecule has 0 amide bonds. The number of benzene rings is 1. The van der Waals surface area contributed by atoms with E-state index in [0.29, 0.717) is 0 Å². The van der Waals surface area contributed by atoms with Crippen LogP contribution in [0.1, 0.15) is 43.7 Å². The van der Waals surface area contributed by atoms with Crippen LogP contribution in [0.4, 0.5) is 0 Å². The molecule has 0 saturated heterocycles. The minimum absolute atomic E-state index is 0.869. The molecule has 0 atom stereocenters. The second-order valence-corrected chi connectivity index (χ2v) is 6.25. The van der Waals surface area contributed by atoms with Crippen LogP contribution in [0.25, 0.3) is 0 Å². The molecule has 1 aliphatic rings. The van der Waals surface area contributed by atoms with E-state index in [4.69, 9.17) is 0 Å². The van der Waals surface area contributed by atoms with Gasteiger partial charge in [-0.2, -0.15) is 0 Å². The van der Waals surface area contributed by atoms with Crippen LogP contribution in [-0.2, 0) is 6.54 Å². The Bertz CT molecular complexity index is 356. The summed E-state index contributed by atoms with van der Waals surface area (Å²) in [7, 11) is 0. The van der Waals surface area contributed by atoms with Gasteiger partial charge in [0.1, 0.15) is 0 Å². The van der Waals surface area contributed by atoms with Crippen molar-refractivity contribution in [3.63, 3.8) is 0 Å². The molecule has 2 heteroatoms. The molecule has 1 aromatic rings. The van der Waals surface area contributed by atoms with E-state index >= 15 is 0 Å². The molecule has 0 bridgehead atoms. The van der Waals surface area contributed by atoms with E-state index in [2.05, 4.69) is 49.1 Å². The lowest BCUT2D eigenvalue weighted by molar-refractivity contribution is 0.725. The molecule has 17 heavy (non-hydrogen) atoms. The van der Waals surface area contributed by atoms with Gasteiger partial charge in [0.05, 0.1) is 0 Å². The number of hydrogen-bond acceptors (Lipinski definition) is 2. The van der Waals surface area contributed by atoms with Gasteiger partial charge in [0.15, 0.2) is 0 Å². The van der Waals surface area contributed by atoms with Gasteiger partial charge >= 0.3 is 0 Å². The number of nitrogens with one attached hydrogen (secondary N) is 1. The van der Waals surface area contributed by atoms with Gasteiger partial charge < -0.3 is 5.32 Å². The number of rotatable bonds is 5. The Morgan fingerprint density at radius 1 is 1.29 bits per heavy atom. The van der Waals surface area contributed by atoms with Crippen molar-refractivity contribution in [1.29, 1.82) is 0 Å². The van der Waals surface area contributed by atoms with Crippen molar-refractivity contribution in [3.8, 4) is 0 Å². The van der Waals surface area contributed by atoms with E-state index < -0.39 is 0 Å². The monoisotopic (exact) mass is 249 g/mol. The second-order valence-electron chi connectivity index (χ2n) is 4.90. The summed E-state index contributed by atoms with van der Waals surface area (Å²) in [4.78, 5) is 1.48. The maximum atomic E-state index is 3.38. The highest BCUT2D eigenvalue weighted by molar-refractivity contribution is 8.00. The third kappa shape index (κ3) is 3.75. The van der Waals surface area contributed by atoms with Gasteiger partial charge in [0, 0.05) is 16.7 Å². The zero-order chi connectivity index (χ0) is 12.1. The standard InChI is InChI=1S/C15H23NS/c1-3-16-11-13-8-9-15(12(2)10-13)17-14-6-4-5-7-14/h8-10,14,16H,3-7,11H2,1-2H3. The van der Waals surface area contributed by atoms with Gasteiger partial charge in [-0.05, 0) is 43.5 Å². The van der Waals surface area contributed by atoms with Gasteiger partial charge in [0.25, 0.3) is 0 Å². The molecule has 1 N–H and O–H groups in total. The first-order chi connectivity index (χ1) is 8.29. The zero-order valence-electron chi connectivity index (χ0n) is 11.0. The van der Waals surface area contributed by atoms with Gasteiger partial charge in [-0.15, -0.1) is 11.8 Å². The minimum Gasteiger partial charge on any atom is -0.313 e. The maximum absolute atomic E-state index is 3.38. The third-order valence-corrected chi connectivity index (χ3v) is 4.93. The summed E-state index contributed by atoms with van der Waals surface area (Å²) in [6, 6.07) is 6.91. The predicted molar refractivity (Wildman–Crippen MR) is 76.7 cm³/mol. The van der Waals surface area contributed by atoms with E-state index in [1.165, 1.54) is 41.7 Å². The molecule has 0 spiro atoms. The quantitative estimate of drug-likeness (QED) is 0.841. The van der Waals surface area contributed by atoms with E-state index in [1.807, 2.05) is 0 Å². The first kappa shape index (κ1) is 13.0. The lowest BCUT2D eigenvalue weighted by atomic mass is 10.1. The Morgan fingerprint density at radius 2 is 2.06 bits per heavy atom. The Balaban J connectivity index is 1.98. The van der Waals surface area contributed by atoms with Crippen LogP contribution < -0.4 is 5.32 Å². The van der Waals surface area contributed by atoms with Crippen LogP contribution in [0.5, 0.6) is 0 Å². The third-order valence-electron chi connectivity index (χ3n) is 3.41. The van der Waals surface area contributed by atoms with Gasteiger partial charge in [-0.25, -0.2) is 0 Å². The topological polar surface area (TPSA) is 12.0 Å². The molecule has 0 heterocycles. The fraction of sp³-hybridized carbons (Fsp3) is 0.600. The van der Waals surface area contributed by atoms with E-state index in [1.54, 1.807) is 0 Å². The van der Waals surface area contributed by atoms with Crippen molar-refractivity contribution < 1.29 is 0 Å². The molecule has 1 aromatic carbocycles. The van der Waals surface area contributed by atoms with Gasteiger partial charge in [-0.1, -0.05) is 31.9 Å². The minimum atomic E-state index is 0.869. The summed E-state index contributed by atoms with van der Waals surface area (Å²) < 4.78 is 0. The van der Waals surface area contributed by atoms with Crippen molar-refractivity contribution in [1.82, 2.24) is 5.32 Å². The lowest BCUT2D eigenvalue weighted by Crippen LogP contribution is -2.11. The van der Waals surface area contributed by atoms with Crippen molar-refractivity contribution in [2.45, 2.75) is 56.2 Å². The predicted octanol–water partition coefficient (Wildman–Crippen LogP) is 4.14. The van der Waals surface area contributed by atoms with Crippen molar-refractivity contribution >= 4 is 11.8 Å². The highest BCUT2D eigenvalue weighted by atomic mass is 32.2. The number of thioether (sulfide) groups is 1. The van der Waals surface area contributed by atoms with Crippen molar-refractivity contribution in [2.75, 3.05) is 6.54 Å². The zero-order valence-corrected chi connectivity index (χ0v) is 11.8. The van der Waals surface area contributed by atoms with Gasteiger partial charge in [-0.3, -0.25) is 0 Å². The molecular weight excluding hydrogens is 226 g/mol. The average molecular weight is 249 g/mol. The Morgan fingerprint density at radius 3 is 2.71 bits per heavy atom. The van der Waals surface area contributed by atoms with Gasteiger partial charge in [0.2, 0.25) is 0 Å². The molecule has 1 nitrogen and oxygen atoms in total. The summed E-state index contributed by atoms with van der Waals surface area (Å²) in [6.45, 7) is 6.42. The summed E-state index contributed by atoms with van der Waals surface area (Å²) in [5.74, 6) is 0. The SMILES string of the molecule is CCNCc1ccc(SC2CCCC2)c(C)c1. The number of hydrogen-bond donors (Lipinski definition) is 1. The molecular formula is C15H23NS. The summed E-state index contributed by atoms with van der Waals surface area (Å²) in [5.41, 5.74) is 2.84. The molecule has 0 aromatic heterocycles. The lowest BCUT2D eigenvalue weighted by Gasteiger charge is -2.12. The summed E-state index contributed by atoms with van der Waals surface area (Å²) >= 11 is 2.09. The van der Waals surface area contributed by atoms with Crippen molar-refractivity contribution in [2.24, 2.45) is 0 Å². The Hall–Kier alpha value is -0.470. The summed E-state index contributed by atoms with van der Waals surface area (Å²) in [6.07, 6.45) is 5.66. The first-order valence-electron chi connectivity index (χ1n) is 6.76. The van der Waals surface area contributed by atoms with Crippen LogP contribution in [0.3, 0.4) is 0 Å². The fourth-order valence-corrected chi connectivity index (χ4v) is 3.73. The molecule has 1 saturated carbocycles. The van der Waals surface area contributed by atoms with Crippen LogP contribution >= 0.6 is 11.8 Å². The van der Waals surface area contributed by atoms with Crippen LogP contribution in [-0.4, -0.2) is 11.8 Å². The Kier molecular flexibility index (Phi) is 4.93. The normalized spacial score (nSPS) is 16.6. The second kappa shape index (κ2) is 6.46. The molecule has 0 unspecified atom stereocenters. The van der Waals surface area contributed by atoms with Crippen LogP contribution in [0.2, 0.25) is 0 Å². The Labute approximate surface area is 109 Å². The van der Waals surface area contributed by atoms with E-state index in [0.717, 1.165) is 18.3 Å². The molecule has 0 radical (unpaired) electrons. The average Bonchev–Trinajstić information content (AvgIpc) is 2.82. The maximum Gasteiger partial charge on any atom is 0.0205 e. The molecule has 2 rings (SSSR count). The van der Waals surface area contributed by atoms with E-state index in [9.17, 15) is 0 Å². The largest absolute Gasteiger partial charge is 0.313 e. The molecule has 94 valence electrons. The molecule has 1 fully saturated rings. The molecule has 1 aliphatic carbocycles. The van der Waals surface area contributed by atoms with Crippen LogP contribution in [0.15, 0.2) is 23.1 Å². The first-order valence-corrected chi connectivity index (χ1v) is 7.64. The van der Waals surface area contributed by atoms with Crippen LogP contribution in [0, 0.1) is 6.92 Å². The number of aryl methyl sites for hydroxylation is 1.